The van der Waals surface area contributed by atoms with E-state index in [-0.39, 0.29) is 24.1 Å². The molecule has 106 valence electrons. The minimum atomic E-state index is -0.294. The zero-order chi connectivity index (χ0) is 14.0. The molecule has 0 aliphatic rings. The molecule has 0 heterocycles. The highest BCUT2D eigenvalue weighted by molar-refractivity contribution is 5.77. The minimum absolute atomic E-state index is 0.0889. The van der Waals surface area contributed by atoms with Gasteiger partial charge in [0, 0.05) is 13.0 Å². The summed E-state index contributed by atoms with van der Waals surface area (Å²) in [7, 11) is 1.39. The molecule has 0 radical (unpaired) electrons. The first kappa shape index (κ1) is 16.9. The third kappa shape index (κ3) is 11.4. The highest BCUT2D eigenvalue weighted by Gasteiger charge is 2.12. The van der Waals surface area contributed by atoms with E-state index in [0.717, 1.165) is 19.3 Å². The van der Waals surface area contributed by atoms with Crippen LogP contribution in [0.2, 0.25) is 0 Å². The van der Waals surface area contributed by atoms with Gasteiger partial charge in [-0.25, -0.2) is 0 Å². The lowest BCUT2D eigenvalue weighted by molar-refractivity contribution is -0.140. The van der Waals surface area contributed by atoms with Gasteiger partial charge in [-0.05, 0) is 33.6 Å². The number of carbonyl (C=O) groups is 2. The number of ether oxygens (including phenoxy) is 2. The smallest absolute Gasteiger partial charge is 0.305 e. The van der Waals surface area contributed by atoms with Crippen LogP contribution in [-0.4, -0.2) is 37.7 Å². The summed E-state index contributed by atoms with van der Waals surface area (Å²) in [5.41, 5.74) is -0.294. The summed E-state index contributed by atoms with van der Waals surface area (Å²) in [5.74, 6) is -0.282. The minimum Gasteiger partial charge on any atom is -0.469 e. The monoisotopic (exact) mass is 259 g/mol. The molecule has 0 aromatic heterocycles. The van der Waals surface area contributed by atoms with Crippen LogP contribution in [0.5, 0.6) is 0 Å². The van der Waals surface area contributed by atoms with Crippen molar-refractivity contribution in [2.45, 2.75) is 52.1 Å². The van der Waals surface area contributed by atoms with Crippen LogP contribution < -0.4 is 5.32 Å². The van der Waals surface area contributed by atoms with E-state index in [1.807, 2.05) is 20.8 Å². The van der Waals surface area contributed by atoms with Gasteiger partial charge in [0.15, 0.2) is 0 Å². The number of methoxy groups -OCH3 is 1. The lowest BCUT2D eigenvalue weighted by Gasteiger charge is -2.18. The van der Waals surface area contributed by atoms with E-state index < -0.39 is 0 Å². The lowest BCUT2D eigenvalue weighted by Crippen LogP contribution is -2.32. The van der Waals surface area contributed by atoms with E-state index in [1.54, 1.807) is 0 Å². The zero-order valence-corrected chi connectivity index (χ0v) is 11.9. The molecule has 0 atom stereocenters. The van der Waals surface area contributed by atoms with E-state index in [9.17, 15) is 9.59 Å². The Morgan fingerprint density at radius 2 is 1.78 bits per heavy atom. The molecule has 0 spiro atoms. The summed E-state index contributed by atoms with van der Waals surface area (Å²) in [4.78, 5) is 22.2. The van der Waals surface area contributed by atoms with Crippen molar-refractivity contribution in [3.05, 3.63) is 0 Å². The van der Waals surface area contributed by atoms with Crippen molar-refractivity contribution < 1.29 is 19.1 Å². The SMILES string of the molecule is COC(=O)CCCCCNC(=O)COC(C)(C)C. The summed E-state index contributed by atoms with van der Waals surface area (Å²) < 4.78 is 9.88. The molecule has 0 aliphatic heterocycles. The van der Waals surface area contributed by atoms with Crippen LogP contribution in [0.4, 0.5) is 0 Å². The molecular formula is C13H25NO4. The second-order valence-electron chi connectivity index (χ2n) is 5.14. The predicted molar refractivity (Wildman–Crippen MR) is 69.2 cm³/mol. The first-order chi connectivity index (χ1) is 8.35. The van der Waals surface area contributed by atoms with Crippen LogP contribution in [-0.2, 0) is 19.1 Å². The van der Waals surface area contributed by atoms with Crippen LogP contribution in [0.1, 0.15) is 46.5 Å². The fourth-order valence-corrected chi connectivity index (χ4v) is 1.23. The van der Waals surface area contributed by atoms with Crippen molar-refractivity contribution in [2.24, 2.45) is 0 Å². The number of nitrogens with one attached hydrogen (secondary N) is 1. The maximum absolute atomic E-state index is 11.4. The van der Waals surface area contributed by atoms with Crippen LogP contribution >= 0.6 is 0 Å². The number of esters is 1. The summed E-state index contributed by atoms with van der Waals surface area (Å²) in [6, 6.07) is 0. The third-order valence-corrected chi connectivity index (χ3v) is 2.24. The Morgan fingerprint density at radius 1 is 1.11 bits per heavy atom. The van der Waals surface area contributed by atoms with Crippen LogP contribution in [0, 0.1) is 0 Å². The molecule has 0 aromatic rings. The standard InChI is InChI=1S/C13H25NO4/c1-13(2,3)18-10-11(15)14-9-7-5-6-8-12(16)17-4/h5-10H2,1-4H3,(H,14,15). The molecule has 1 amide bonds. The van der Waals surface area contributed by atoms with E-state index in [2.05, 4.69) is 10.1 Å². The second kappa shape index (κ2) is 8.91. The highest BCUT2D eigenvalue weighted by atomic mass is 16.5. The zero-order valence-electron chi connectivity index (χ0n) is 11.9. The van der Waals surface area contributed by atoms with Gasteiger partial charge in [0.1, 0.15) is 6.61 Å². The summed E-state index contributed by atoms with van der Waals surface area (Å²) in [6.45, 7) is 6.44. The van der Waals surface area contributed by atoms with E-state index >= 15 is 0 Å². The molecule has 0 fully saturated rings. The van der Waals surface area contributed by atoms with Gasteiger partial charge < -0.3 is 14.8 Å². The third-order valence-electron chi connectivity index (χ3n) is 2.24. The summed E-state index contributed by atoms with van der Waals surface area (Å²) in [5, 5.41) is 2.78. The molecule has 0 saturated heterocycles. The number of unbranched alkanes of at least 4 members (excludes halogenated alkanes) is 2. The fraction of sp³-hybridized carbons (Fsp3) is 0.846. The molecule has 0 saturated carbocycles. The normalized spacial score (nSPS) is 11.1. The van der Waals surface area contributed by atoms with Gasteiger partial charge in [-0.2, -0.15) is 0 Å². The van der Waals surface area contributed by atoms with Gasteiger partial charge in [-0.3, -0.25) is 9.59 Å². The Kier molecular flexibility index (Phi) is 8.37. The molecule has 18 heavy (non-hydrogen) atoms. The first-order valence-electron chi connectivity index (χ1n) is 6.32. The molecule has 0 unspecified atom stereocenters. The Balaban J connectivity index is 3.38. The first-order valence-corrected chi connectivity index (χ1v) is 6.32. The van der Waals surface area contributed by atoms with Gasteiger partial charge in [-0.1, -0.05) is 6.42 Å². The van der Waals surface area contributed by atoms with Gasteiger partial charge >= 0.3 is 5.97 Å². The molecule has 0 rings (SSSR count). The summed E-state index contributed by atoms with van der Waals surface area (Å²) >= 11 is 0. The highest BCUT2D eigenvalue weighted by Crippen LogP contribution is 2.05. The average Bonchev–Trinajstić information content (AvgIpc) is 2.29. The Labute approximate surface area is 109 Å². The van der Waals surface area contributed by atoms with Gasteiger partial charge in [0.2, 0.25) is 5.91 Å². The molecule has 5 nitrogen and oxygen atoms in total. The van der Waals surface area contributed by atoms with E-state index in [0.29, 0.717) is 13.0 Å². The largest absolute Gasteiger partial charge is 0.469 e. The van der Waals surface area contributed by atoms with Crippen molar-refractivity contribution in [2.75, 3.05) is 20.3 Å². The fourth-order valence-electron chi connectivity index (χ4n) is 1.23. The van der Waals surface area contributed by atoms with Crippen LogP contribution in [0.15, 0.2) is 0 Å². The number of carbonyl (C=O) groups excluding carboxylic acids is 2. The van der Waals surface area contributed by atoms with Crippen molar-refractivity contribution in [1.29, 1.82) is 0 Å². The molecule has 1 N–H and O–H groups in total. The van der Waals surface area contributed by atoms with Gasteiger partial charge in [-0.15, -0.1) is 0 Å². The van der Waals surface area contributed by atoms with Crippen molar-refractivity contribution in [1.82, 2.24) is 5.32 Å². The van der Waals surface area contributed by atoms with Crippen molar-refractivity contribution in [3.8, 4) is 0 Å². The van der Waals surface area contributed by atoms with Crippen molar-refractivity contribution in [3.63, 3.8) is 0 Å². The Bertz CT molecular complexity index is 258. The van der Waals surface area contributed by atoms with Crippen molar-refractivity contribution >= 4 is 11.9 Å². The molecule has 0 bridgehead atoms. The molecule has 0 aromatic carbocycles. The maximum atomic E-state index is 11.4. The van der Waals surface area contributed by atoms with Gasteiger partial charge in [0.05, 0.1) is 12.7 Å². The number of amides is 1. The molecule has 5 heteroatoms. The second-order valence-corrected chi connectivity index (χ2v) is 5.14. The Hall–Kier alpha value is -1.10. The number of hydrogen-bond donors (Lipinski definition) is 1. The summed E-state index contributed by atoms with van der Waals surface area (Å²) in [6.07, 6.45) is 2.99. The van der Waals surface area contributed by atoms with E-state index in [4.69, 9.17) is 4.74 Å². The average molecular weight is 259 g/mol. The van der Waals surface area contributed by atoms with Crippen LogP contribution in [0.25, 0.3) is 0 Å². The maximum Gasteiger partial charge on any atom is 0.305 e. The lowest BCUT2D eigenvalue weighted by atomic mass is 10.2. The number of hydrogen-bond acceptors (Lipinski definition) is 4. The molecule has 0 aliphatic carbocycles. The van der Waals surface area contributed by atoms with E-state index in [1.165, 1.54) is 7.11 Å². The predicted octanol–water partition coefficient (Wildman–Crippen LogP) is 1.65. The quantitative estimate of drug-likeness (QED) is 0.532. The topological polar surface area (TPSA) is 64.6 Å². The number of rotatable bonds is 8. The van der Waals surface area contributed by atoms with Gasteiger partial charge in [0.25, 0.3) is 0 Å². The molecular weight excluding hydrogens is 234 g/mol. The Morgan fingerprint density at radius 3 is 2.33 bits per heavy atom. The van der Waals surface area contributed by atoms with Crippen LogP contribution in [0.3, 0.4) is 0 Å².